The predicted octanol–water partition coefficient (Wildman–Crippen LogP) is 2.71. The second-order valence-electron chi connectivity index (χ2n) is 5.70. The molecular formula is C15H16N6O2S3. The SMILES string of the molecule is CCSc1nnc(NC(=O)Cn2nc(-c3cccs3)n(C3CC3)c2=O)s1. The van der Waals surface area contributed by atoms with Gasteiger partial charge in [0, 0.05) is 6.04 Å². The molecule has 1 saturated carbocycles. The molecule has 11 heteroatoms. The molecule has 3 aromatic heterocycles. The van der Waals surface area contributed by atoms with E-state index < -0.39 is 0 Å². The van der Waals surface area contributed by atoms with Crippen molar-refractivity contribution in [2.24, 2.45) is 0 Å². The van der Waals surface area contributed by atoms with Gasteiger partial charge >= 0.3 is 5.69 Å². The number of hydrogen-bond donors (Lipinski definition) is 1. The summed E-state index contributed by atoms with van der Waals surface area (Å²) < 4.78 is 3.74. The molecule has 26 heavy (non-hydrogen) atoms. The second kappa shape index (κ2) is 7.33. The number of thiophene rings is 1. The predicted molar refractivity (Wildman–Crippen MR) is 103 cm³/mol. The number of hydrogen-bond acceptors (Lipinski definition) is 8. The lowest BCUT2D eigenvalue weighted by Crippen LogP contribution is -2.30. The highest BCUT2D eigenvalue weighted by molar-refractivity contribution is 8.01. The first-order valence-corrected chi connectivity index (χ1v) is 10.8. The molecule has 136 valence electrons. The number of aromatic nitrogens is 5. The van der Waals surface area contributed by atoms with E-state index in [-0.39, 0.29) is 24.2 Å². The third kappa shape index (κ3) is 3.60. The smallest absolute Gasteiger partial charge is 0.299 e. The van der Waals surface area contributed by atoms with E-state index in [1.165, 1.54) is 27.4 Å². The molecule has 3 aromatic rings. The van der Waals surface area contributed by atoms with E-state index in [9.17, 15) is 9.59 Å². The topological polar surface area (TPSA) is 94.7 Å². The van der Waals surface area contributed by atoms with Gasteiger partial charge in [-0.05, 0) is 30.0 Å². The van der Waals surface area contributed by atoms with E-state index in [2.05, 4.69) is 20.6 Å². The van der Waals surface area contributed by atoms with Crippen molar-refractivity contribution in [1.82, 2.24) is 24.5 Å². The van der Waals surface area contributed by atoms with Crippen LogP contribution in [0.3, 0.4) is 0 Å². The summed E-state index contributed by atoms with van der Waals surface area (Å²) in [5, 5.41) is 17.4. The van der Waals surface area contributed by atoms with Crippen molar-refractivity contribution in [2.75, 3.05) is 11.1 Å². The average molecular weight is 409 g/mol. The van der Waals surface area contributed by atoms with Gasteiger partial charge in [-0.2, -0.15) is 0 Å². The molecule has 0 bridgehead atoms. The van der Waals surface area contributed by atoms with Crippen LogP contribution >= 0.6 is 34.4 Å². The first-order valence-electron chi connectivity index (χ1n) is 8.15. The molecule has 0 radical (unpaired) electrons. The molecule has 8 nitrogen and oxygen atoms in total. The highest BCUT2D eigenvalue weighted by atomic mass is 32.2. The molecule has 1 aliphatic rings. The van der Waals surface area contributed by atoms with Crippen molar-refractivity contribution in [3.8, 4) is 10.7 Å². The number of nitrogens with zero attached hydrogens (tertiary/aromatic N) is 5. The van der Waals surface area contributed by atoms with Gasteiger partial charge < -0.3 is 0 Å². The largest absolute Gasteiger partial charge is 0.346 e. The van der Waals surface area contributed by atoms with Gasteiger partial charge in [-0.1, -0.05) is 36.1 Å². The van der Waals surface area contributed by atoms with Gasteiger partial charge in [0.1, 0.15) is 6.54 Å². The zero-order valence-corrected chi connectivity index (χ0v) is 16.4. The normalized spacial score (nSPS) is 13.9. The Hall–Kier alpha value is -1.98. The van der Waals surface area contributed by atoms with Crippen LogP contribution in [0.4, 0.5) is 5.13 Å². The molecule has 1 amide bonds. The quantitative estimate of drug-likeness (QED) is 0.477. The summed E-state index contributed by atoms with van der Waals surface area (Å²) in [5.41, 5.74) is -0.245. The van der Waals surface area contributed by atoms with Gasteiger partial charge in [-0.15, -0.1) is 26.6 Å². The molecule has 4 rings (SSSR count). The molecular weight excluding hydrogens is 392 g/mol. The fraction of sp³-hybridized carbons (Fsp3) is 0.400. The Labute approximate surface area is 161 Å². The van der Waals surface area contributed by atoms with Crippen LogP contribution in [0, 0.1) is 0 Å². The molecule has 3 heterocycles. The summed E-state index contributed by atoms with van der Waals surface area (Å²) in [7, 11) is 0. The second-order valence-corrected chi connectivity index (χ2v) is 9.13. The molecule has 0 spiro atoms. The Balaban J connectivity index is 1.53. The summed E-state index contributed by atoms with van der Waals surface area (Å²) in [4.78, 5) is 25.9. The van der Waals surface area contributed by atoms with E-state index in [0.29, 0.717) is 11.0 Å². The Bertz CT molecular complexity index is 970. The lowest BCUT2D eigenvalue weighted by atomic mass is 10.4. The maximum Gasteiger partial charge on any atom is 0.346 e. The van der Waals surface area contributed by atoms with Crippen LogP contribution in [-0.2, 0) is 11.3 Å². The van der Waals surface area contributed by atoms with Gasteiger partial charge in [0.15, 0.2) is 10.2 Å². The molecule has 1 fully saturated rings. The van der Waals surface area contributed by atoms with Crippen LogP contribution in [0.1, 0.15) is 25.8 Å². The zero-order chi connectivity index (χ0) is 18.1. The van der Waals surface area contributed by atoms with Crippen LogP contribution < -0.4 is 11.0 Å². The first-order chi connectivity index (χ1) is 12.7. The average Bonchev–Trinajstić information content (AvgIpc) is 3.01. The standard InChI is InChI=1S/C15H16N6O2S3/c1-2-24-14-18-17-13(26-14)16-11(22)8-20-15(23)21(9-5-6-9)12(19-20)10-4-3-7-25-10/h3-4,7,9H,2,5-6,8H2,1H3,(H,16,17,22). The number of carbonyl (C=O) groups is 1. The van der Waals surface area contributed by atoms with Gasteiger partial charge in [-0.25, -0.2) is 9.48 Å². The maximum atomic E-state index is 12.7. The van der Waals surface area contributed by atoms with E-state index in [4.69, 9.17) is 0 Å². The molecule has 1 N–H and O–H groups in total. The van der Waals surface area contributed by atoms with E-state index in [1.807, 2.05) is 24.4 Å². The van der Waals surface area contributed by atoms with Crippen molar-refractivity contribution in [3.63, 3.8) is 0 Å². The fourth-order valence-electron chi connectivity index (χ4n) is 2.50. The third-order valence-corrected chi connectivity index (χ3v) is 6.46. The summed E-state index contributed by atoms with van der Waals surface area (Å²) in [5.74, 6) is 1.19. The number of nitrogens with one attached hydrogen (secondary N) is 1. The van der Waals surface area contributed by atoms with Gasteiger partial charge in [0.05, 0.1) is 4.88 Å². The lowest BCUT2D eigenvalue weighted by molar-refractivity contribution is -0.117. The molecule has 0 saturated heterocycles. The lowest BCUT2D eigenvalue weighted by Gasteiger charge is -2.00. The monoisotopic (exact) mass is 408 g/mol. The van der Waals surface area contributed by atoms with Crippen molar-refractivity contribution < 1.29 is 4.79 Å². The zero-order valence-electron chi connectivity index (χ0n) is 13.9. The van der Waals surface area contributed by atoms with Crippen LogP contribution in [0.2, 0.25) is 0 Å². The van der Waals surface area contributed by atoms with Crippen LogP contribution in [0.15, 0.2) is 26.6 Å². The number of anilines is 1. The summed E-state index contributed by atoms with van der Waals surface area (Å²) in [6.45, 7) is 1.88. The Kier molecular flexibility index (Phi) is 4.92. The van der Waals surface area contributed by atoms with Gasteiger partial charge in [0.2, 0.25) is 11.0 Å². The number of amides is 1. The van der Waals surface area contributed by atoms with Gasteiger partial charge in [0.25, 0.3) is 0 Å². The third-order valence-electron chi connectivity index (χ3n) is 3.74. The van der Waals surface area contributed by atoms with Crippen molar-refractivity contribution >= 4 is 45.5 Å². The van der Waals surface area contributed by atoms with Crippen molar-refractivity contribution in [2.45, 2.75) is 36.7 Å². The van der Waals surface area contributed by atoms with Crippen LogP contribution in [0.5, 0.6) is 0 Å². The minimum Gasteiger partial charge on any atom is -0.299 e. The molecule has 0 atom stereocenters. The van der Waals surface area contributed by atoms with E-state index in [1.54, 1.807) is 16.3 Å². The number of thioether (sulfide) groups is 1. The summed E-state index contributed by atoms with van der Waals surface area (Å²) >= 11 is 4.42. The van der Waals surface area contributed by atoms with E-state index in [0.717, 1.165) is 27.8 Å². The summed E-state index contributed by atoms with van der Waals surface area (Å²) in [6.07, 6.45) is 1.94. The van der Waals surface area contributed by atoms with Crippen LogP contribution in [0.25, 0.3) is 10.7 Å². The molecule has 0 aromatic carbocycles. The Morgan fingerprint density at radius 1 is 1.42 bits per heavy atom. The first kappa shape index (κ1) is 17.4. The maximum absolute atomic E-state index is 12.7. The number of rotatable bonds is 7. The van der Waals surface area contributed by atoms with Crippen molar-refractivity contribution in [3.05, 3.63) is 28.0 Å². The fourth-order valence-corrected chi connectivity index (χ4v) is 4.87. The highest BCUT2D eigenvalue weighted by Gasteiger charge is 2.31. The Morgan fingerprint density at radius 2 is 2.27 bits per heavy atom. The highest BCUT2D eigenvalue weighted by Crippen LogP contribution is 2.37. The van der Waals surface area contributed by atoms with Gasteiger partial charge in [-0.3, -0.25) is 14.7 Å². The molecule has 0 aliphatic heterocycles. The number of carbonyl (C=O) groups excluding carboxylic acids is 1. The Morgan fingerprint density at radius 3 is 2.96 bits per heavy atom. The van der Waals surface area contributed by atoms with E-state index >= 15 is 0 Å². The van der Waals surface area contributed by atoms with Crippen LogP contribution in [-0.4, -0.2) is 36.2 Å². The minimum atomic E-state index is -0.338. The summed E-state index contributed by atoms with van der Waals surface area (Å²) in [6, 6.07) is 4.05. The molecule has 1 aliphatic carbocycles. The minimum absolute atomic E-state index is 0.146. The molecule has 0 unspecified atom stereocenters. The van der Waals surface area contributed by atoms with Crippen molar-refractivity contribution in [1.29, 1.82) is 0 Å².